The molecule has 2 N–H and O–H groups in total. The van der Waals surface area contributed by atoms with E-state index in [4.69, 9.17) is 4.74 Å². The summed E-state index contributed by atoms with van der Waals surface area (Å²) in [6.45, 7) is 1.89. The van der Waals surface area contributed by atoms with E-state index in [1.165, 1.54) is 18.2 Å². The molecular weight excluding hydrogens is 386 g/mol. The van der Waals surface area contributed by atoms with Crippen LogP contribution in [0.3, 0.4) is 0 Å². The third kappa shape index (κ3) is 5.63. The van der Waals surface area contributed by atoms with Crippen LogP contribution in [0.2, 0.25) is 0 Å². The number of methoxy groups -OCH3 is 1. The number of ether oxygens (including phenoxy) is 1. The standard InChI is InChI=1S/C21H29N5O4/c1-14-8-10-16(11-9-14)20(21-23-24-25-26(21)13-19(29)30-2)22-17(12-18(27)28)15-6-4-3-5-7-15/h8-11,15,17,20,22H,3-7,12-13H2,1-2H3,(H,27,28). The zero-order chi connectivity index (χ0) is 21.5. The SMILES string of the molecule is COC(=O)Cn1nnnc1C(NC(CC(=O)O)C1CCCCC1)c1ccc(C)cc1. The molecule has 30 heavy (non-hydrogen) atoms. The van der Waals surface area contributed by atoms with Gasteiger partial charge < -0.3 is 9.84 Å². The van der Waals surface area contributed by atoms with E-state index in [9.17, 15) is 14.7 Å². The van der Waals surface area contributed by atoms with Crippen LogP contribution >= 0.6 is 0 Å². The third-order valence-corrected chi connectivity index (χ3v) is 5.73. The molecule has 1 aromatic heterocycles. The van der Waals surface area contributed by atoms with E-state index >= 15 is 0 Å². The summed E-state index contributed by atoms with van der Waals surface area (Å²) in [7, 11) is 1.31. The monoisotopic (exact) mass is 415 g/mol. The van der Waals surface area contributed by atoms with Gasteiger partial charge in [-0.25, -0.2) is 4.68 Å². The molecule has 162 valence electrons. The number of carbonyl (C=O) groups is 2. The average molecular weight is 415 g/mol. The van der Waals surface area contributed by atoms with Crippen molar-refractivity contribution in [2.45, 2.75) is 64.1 Å². The number of hydrogen-bond donors (Lipinski definition) is 2. The summed E-state index contributed by atoms with van der Waals surface area (Å²) in [5, 5.41) is 24.9. The molecule has 0 radical (unpaired) electrons. The topological polar surface area (TPSA) is 119 Å². The minimum Gasteiger partial charge on any atom is -0.481 e. The number of tetrazole rings is 1. The number of aromatic nitrogens is 4. The van der Waals surface area contributed by atoms with Crippen molar-refractivity contribution in [3.63, 3.8) is 0 Å². The Morgan fingerprint density at radius 2 is 1.93 bits per heavy atom. The van der Waals surface area contributed by atoms with Crippen LogP contribution in [0.25, 0.3) is 0 Å². The second-order valence-corrected chi connectivity index (χ2v) is 7.88. The quantitative estimate of drug-likeness (QED) is 0.599. The summed E-state index contributed by atoms with van der Waals surface area (Å²) in [4.78, 5) is 23.4. The molecule has 0 spiro atoms. The first-order valence-corrected chi connectivity index (χ1v) is 10.3. The molecule has 9 heteroatoms. The zero-order valence-corrected chi connectivity index (χ0v) is 17.5. The van der Waals surface area contributed by atoms with E-state index in [2.05, 4.69) is 20.8 Å². The van der Waals surface area contributed by atoms with E-state index in [1.54, 1.807) is 0 Å². The zero-order valence-electron chi connectivity index (χ0n) is 17.5. The number of nitrogens with zero attached hydrogens (tertiary/aromatic N) is 4. The highest BCUT2D eigenvalue weighted by atomic mass is 16.5. The number of aliphatic carboxylic acids is 1. The van der Waals surface area contributed by atoms with E-state index in [1.807, 2.05) is 31.2 Å². The van der Waals surface area contributed by atoms with Crippen molar-refractivity contribution in [3.8, 4) is 0 Å². The molecule has 0 bridgehead atoms. The molecule has 2 unspecified atom stereocenters. The van der Waals surface area contributed by atoms with Gasteiger partial charge in [-0.1, -0.05) is 49.1 Å². The molecule has 1 heterocycles. The Balaban J connectivity index is 1.94. The predicted molar refractivity (Wildman–Crippen MR) is 109 cm³/mol. The summed E-state index contributed by atoms with van der Waals surface area (Å²) in [6.07, 6.45) is 5.42. The number of hydrogen-bond acceptors (Lipinski definition) is 7. The Labute approximate surface area is 175 Å². The van der Waals surface area contributed by atoms with Crippen LogP contribution in [0.1, 0.15) is 61.5 Å². The maximum atomic E-state index is 11.8. The molecule has 9 nitrogen and oxygen atoms in total. The number of carbonyl (C=O) groups excluding carboxylic acids is 1. The van der Waals surface area contributed by atoms with Gasteiger partial charge in [0.2, 0.25) is 0 Å². The number of nitrogens with one attached hydrogen (secondary N) is 1. The van der Waals surface area contributed by atoms with Crippen molar-refractivity contribution >= 4 is 11.9 Å². The van der Waals surface area contributed by atoms with Crippen LogP contribution in [-0.2, 0) is 20.9 Å². The van der Waals surface area contributed by atoms with Gasteiger partial charge in [-0.05, 0) is 41.7 Å². The highest BCUT2D eigenvalue weighted by Gasteiger charge is 2.31. The summed E-state index contributed by atoms with van der Waals surface area (Å²) in [5.41, 5.74) is 2.02. The van der Waals surface area contributed by atoms with Gasteiger partial charge in [0, 0.05) is 6.04 Å². The van der Waals surface area contributed by atoms with Crippen molar-refractivity contribution in [2.24, 2.45) is 5.92 Å². The van der Waals surface area contributed by atoms with Gasteiger partial charge in [-0.3, -0.25) is 14.9 Å². The largest absolute Gasteiger partial charge is 0.481 e. The van der Waals surface area contributed by atoms with Gasteiger partial charge in [0.25, 0.3) is 0 Å². The Morgan fingerprint density at radius 3 is 2.57 bits per heavy atom. The lowest BCUT2D eigenvalue weighted by Crippen LogP contribution is -2.42. The molecule has 0 aliphatic heterocycles. The van der Waals surface area contributed by atoms with Gasteiger partial charge in [-0.2, -0.15) is 0 Å². The highest BCUT2D eigenvalue weighted by Crippen LogP contribution is 2.31. The fraction of sp³-hybridized carbons (Fsp3) is 0.571. The summed E-state index contributed by atoms with van der Waals surface area (Å²) in [5.74, 6) is -0.571. The minimum absolute atomic E-state index is 0.0194. The van der Waals surface area contributed by atoms with E-state index < -0.39 is 18.0 Å². The molecule has 2 aromatic rings. The Bertz CT molecular complexity index is 845. The Morgan fingerprint density at radius 1 is 1.23 bits per heavy atom. The maximum absolute atomic E-state index is 11.8. The van der Waals surface area contributed by atoms with Crippen molar-refractivity contribution in [2.75, 3.05) is 7.11 Å². The van der Waals surface area contributed by atoms with Crippen LogP contribution in [0.5, 0.6) is 0 Å². The smallest absolute Gasteiger partial charge is 0.327 e. The molecule has 1 saturated carbocycles. The van der Waals surface area contributed by atoms with Crippen molar-refractivity contribution in [1.82, 2.24) is 25.5 Å². The lowest BCUT2D eigenvalue weighted by molar-refractivity contribution is -0.141. The number of carboxylic acids is 1. The maximum Gasteiger partial charge on any atom is 0.327 e. The third-order valence-electron chi connectivity index (χ3n) is 5.73. The molecule has 1 aliphatic carbocycles. The Hall–Kier alpha value is -2.81. The van der Waals surface area contributed by atoms with E-state index in [-0.39, 0.29) is 24.9 Å². The lowest BCUT2D eigenvalue weighted by atomic mass is 9.82. The molecular formula is C21H29N5O4. The number of aryl methyl sites for hydroxylation is 1. The summed E-state index contributed by atoms with van der Waals surface area (Å²) < 4.78 is 6.16. The molecule has 2 atom stereocenters. The van der Waals surface area contributed by atoms with Gasteiger partial charge in [-0.15, -0.1) is 5.10 Å². The van der Waals surface area contributed by atoms with E-state index in [0.717, 1.165) is 36.8 Å². The second-order valence-electron chi connectivity index (χ2n) is 7.88. The van der Waals surface area contributed by atoms with Gasteiger partial charge in [0.15, 0.2) is 5.82 Å². The van der Waals surface area contributed by atoms with Crippen molar-refractivity contribution in [3.05, 3.63) is 41.2 Å². The van der Waals surface area contributed by atoms with Crippen LogP contribution in [0, 0.1) is 12.8 Å². The van der Waals surface area contributed by atoms with Crippen LogP contribution in [0.15, 0.2) is 24.3 Å². The van der Waals surface area contributed by atoms with Crippen LogP contribution in [0.4, 0.5) is 0 Å². The molecule has 0 amide bonds. The molecule has 1 aromatic carbocycles. The summed E-state index contributed by atoms with van der Waals surface area (Å²) in [6, 6.07) is 7.26. The number of carboxylic acid groups (broad SMARTS) is 1. The first-order valence-electron chi connectivity index (χ1n) is 10.3. The van der Waals surface area contributed by atoms with Gasteiger partial charge in [0.05, 0.1) is 19.6 Å². The average Bonchev–Trinajstić information content (AvgIpc) is 3.19. The predicted octanol–water partition coefficient (Wildman–Crippen LogP) is 2.26. The lowest BCUT2D eigenvalue weighted by Gasteiger charge is -2.33. The first kappa shape index (κ1) is 21.9. The van der Waals surface area contributed by atoms with Crippen molar-refractivity contribution < 1.29 is 19.4 Å². The van der Waals surface area contributed by atoms with Gasteiger partial charge >= 0.3 is 11.9 Å². The minimum atomic E-state index is -0.838. The molecule has 3 rings (SSSR count). The Kier molecular flexibility index (Phi) is 7.51. The van der Waals surface area contributed by atoms with Crippen LogP contribution in [-0.4, -0.2) is 50.4 Å². The van der Waals surface area contributed by atoms with Crippen LogP contribution < -0.4 is 5.32 Å². The fourth-order valence-corrected chi connectivity index (χ4v) is 4.10. The van der Waals surface area contributed by atoms with E-state index in [0.29, 0.717) is 5.82 Å². The number of esters is 1. The van der Waals surface area contributed by atoms with Crippen molar-refractivity contribution in [1.29, 1.82) is 0 Å². The molecule has 1 fully saturated rings. The second kappa shape index (κ2) is 10.3. The van der Waals surface area contributed by atoms with Gasteiger partial charge in [0.1, 0.15) is 6.54 Å². The molecule has 0 saturated heterocycles. The highest BCUT2D eigenvalue weighted by molar-refractivity contribution is 5.69. The first-order chi connectivity index (χ1) is 14.5. The molecule has 1 aliphatic rings. The number of rotatable bonds is 9. The number of benzene rings is 1. The normalized spacial score (nSPS) is 16.7. The summed E-state index contributed by atoms with van der Waals surface area (Å²) >= 11 is 0. The fourth-order valence-electron chi connectivity index (χ4n) is 4.10.